The van der Waals surface area contributed by atoms with Gasteiger partial charge in [-0.1, -0.05) is 0 Å². The van der Waals surface area contributed by atoms with Gasteiger partial charge in [-0.3, -0.25) is 9.59 Å². The number of imidazole rings is 1. The quantitative estimate of drug-likeness (QED) is 0.652. The number of ether oxygens (including phenoxy) is 1. The van der Waals surface area contributed by atoms with E-state index in [4.69, 9.17) is 4.74 Å². The summed E-state index contributed by atoms with van der Waals surface area (Å²) in [6.07, 6.45) is 2.15. The molecule has 0 aliphatic carbocycles. The molecule has 0 radical (unpaired) electrons. The zero-order valence-electron chi connectivity index (χ0n) is 15.5. The first-order valence-corrected chi connectivity index (χ1v) is 10.1. The number of carbonyl (C=O) groups is 2. The van der Waals surface area contributed by atoms with Gasteiger partial charge in [0, 0.05) is 45.8 Å². The Morgan fingerprint density at radius 3 is 2.54 bits per heavy atom. The Morgan fingerprint density at radius 1 is 1.19 bits per heavy atom. The van der Waals surface area contributed by atoms with Crippen LogP contribution in [0.3, 0.4) is 0 Å². The van der Waals surface area contributed by atoms with Crippen molar-refractivity contribution in [1.29, 1.82) is 0 Å². The molecule has 0 unspecified atom stereocenters. The van der Waals surface area contributed by atoms with Gasteiger partial charge in [-0.2, -0.15) is 4.31 Å². The van der Waals surface area contributed by atoms with Crippen LogP contribution in [0.25, 0.3) is 0 Å². The van der Waals surface area contributed by atoms with E-state index in [-0.39, 0.29) is 36.9 Å². The molecule has 1 aliphatic heterocycles. The van der Waals surface area contributed by atoms with E-state index in [2.05, 4.69) is 4.98 Å². The molecule has 0 N–H and O–H groups in total. The summed E-state index contributed by atoms with van der Waals surface area (Å²) in [4.78, 5) is 29.4. The molecule has 0 atom stereocenters. The third-order valence-corrected chi connectivity index (χ3v) is 6.12. The molecule has 146 valence electrons. The van der Waals surface area contributed by atoms with E-state index in [9.17, 15) is 18.0 Å². The summed E-state index contributed by atoms with van der Waals surface area (Å²) in [6, 6.07) is 0. The number of aromatic nitrogens is 2. The highest BCUT2D eigenvalue weighted by Gasteiger charge is 2.30. The van der Waals surface area contributed by atoms with Crippen LogP contribution in [0.5, 0.6) is 0 Å². The van der Waals surface area contributed by atoms with Gasteiger partial charge in [-0.15, -0.1) is 0 Å². The van der Waals surface area contributed by atoms with E-state index in [1.807, 2.05) is 0 Å². The minimum absolute atomic E-state index is 0.0274. The van der Waals surface area contributed by atoms with Crippen LogP contribution in [0.2, 0.25) is 0 Å². The number of sulfonamides is 1. The summed E-state index contributed by atoms with van der Waals surface area (Å²) in [5.74, 6) is 0.0607. The zero-order chi connectivity index (χ0) is 19.3. The Balaban J connectivity index is 1.97. The van der Waals surface area contributed by atoms with E-state index in [0.717, 1.165) is 0 Å². The number of esters is 1. The van der Waals surface area contributed by atoms with Gasteiger partial charge in [0.1, 0.15) is 5.82 Å². The van der Waals surface area contributed by atoms with Crippen LogP contribution in [0, 0.1) is 6.92 Å². The maximum absolute atomic E-state index is 12.8. The molecule has 1 amide bonds. The monoisotopic (exact) mass is 386 g/mol. The minimum Gasteiger partial charge on any atom is -0.466 e. The molecule has 0 bridgehead atoms. The summed E-state index contributed by atoms with van der Waals surface area (Å²) >= 11 is 0. The van der Waals surface area contributed by atoms with Crippen LogP contribution in [0.4, 0.5) is 0 Å². The lowest BCUT2D eigenvalue weighted by atomic mass is 10.2. The summed E-state index contributed by atoms with van der Waals surface area (Å²) in [7, 11) is -1.94. The Hall–Kier alpha value is -1.94. The maximum Gasteiger partial charge on any atom is 0.306 e. The van der Waals surface area contributed by atoms with Crippen molar-refractivity contribution in [2.45, 2.75) is 38.1 Å². The molecular formula is C16H26N4O5S. The predicted molar refractivity (Wildman–Crippen MR) is 93.8 cm³/mol. The van der Waals surface area contributed by atoms with Crippen molar-refractivity contribution in [3.8, 4) is 0 Å². The molecule has 26 heavy (non-hydrogen) atoms. The van der Waals surface area contributed by atoms with Crippen molar-refractivity contribution in [1.82, 2.24) is 18.8 Å². The second kappa shape index (κ2) is 8.63. The van der Waals surface area contributed by atoms with E-state index in [0.29, 0.717) is 31.9 Å². The van der Waals surface area contributed by atoms with Gasteiger partial charge in [0.05, 0.1) is 13.0 Å². The van der Waals surface area contributed by atoms with E-state index in [1.165, 1.54) is 10.5 Å². The van der Waals surface area contributed by atoms with Crippen LogP contribution in [0.1, 0.15) is 32.0 Å². The highest BCUT2D eigenvalue weighted by Crippen LogP contribution is 2.17. The summed E-state index contributed by atoms with van der Waals surface area (Å²) in [5, 5.41) is 0.0274. The highest BCUT2D eigenvalue weighted by atomic mass is 32.2. The Bertz CT molecular complexity index is 739. The van der Waals surface area contributed by atoms with E-state index < -0.39 is 16.0 Å². The molecule has 2 rings (SSSR count). The number of amides is 1. The molecule has 0 aromatic carbocycles. The average Bonchev–Trinajstić information content (AvgIpc) is 2.80. The third kappa shape index (κ3) is 4.82. The number of nitrogens with zero attached hydrogens (tertiary/aromatic N) is 4. The topological polar surface area (TPSA) is 102 Å². The first kappa shape index (κ1) is 20.4. The molecule has 2 heterocycles. The smallest absolute Gasteiger partial charge is 0.306 e. The molecule has 10 heteroatoms. The molecule has 1 fully saturated rings. The van der Waals surface area contributed by atoms with Crippen molar-refractivity contribution in [2.24, 2.45) is 7.05 Å². The van der Waals surface area contributed by atoms with Crippen molar-refractivity contribution in [3.05, 3.63) is 12.0 Å². The molecular weight excluding hydrogens is 360 g/mol. The van der Waals surface area contributed by atoms with Crippen molar-refractivity contribution in [2.75, 3.05) is 32.8 Å². The molecule has 1 aromatic heterocycles. The van der Waals surface area contributed by atoms with E-state index in [1.54, 1.807) is 30.4 Å². The largest absolute Gasteiger partial charge is 0.466 e. The molecule has 9 nitrogen and oxygen atoms in total. The van der Waals surface area contributed by atoms with Gasteiger partial charge >= 0.3 is 5.97 Å². The summed E-state index contributed by atoms with van der Waals surface area (Å²) < 4.78 is 33.4. The van der Waals surface area contributed by atoms with Crippen LogP contribution in [-0.4, -0.2) is 71.8 Å². The number of hydrogen-bond donors (Lipinski definition) is 0. The van der Waals surface area contributed by atoms with Gasteiger partial charge in [0.15, 0.2) is 5.03 Å². The molecule has 1 saturated heterocycles. The SMILES string of the molecule is CCOC(=O)CCC(=O)N1CCCN(S(=O)(=O)c2cn(C)c(C)n2)CC1. The van der Waals surface area contributed by atoms with Crippen molar-refractivity contribution >= 4 is 21.9 Å². The van der Waals surface area contributed by atoms with Crippen LogP contribution in [-0.2, 0) is 31.4 Å². The number of rotatable bonds is 6. The van der Waals surface area contributed by atoms with Crippen LogP contribution >= 0.6 is 0 Å². The molecule has 0 spiro atoms. The van der Waals surface area contributed by atoms with Crippen molar-refractivity contribution in [3.63, 3.8) is 0 Å². The Morgan fingerprint density at radius 2 is 1.92 bits per heavy atom. The van der Waals surface area contributed by atoms with Crippen LogP contribution in [0.15, 0.2) is 11.2 Å². The average molecular weight is 386 g/mol. The fourth-order valence-corrected chi connectivity index (χ4v) is 4.26. The maximum atomic E-state index is 12.8. The first-order chi connectivity index (χ1) is 12.3. The van der Waals surface area contributed by atoms with Gasteiger partial charge in [0.25, 0.3) is 10.0 Å². The molecule has 1 aliphatic rings. The minimum atomic E-state index is -3.68. The lowest BCUT2D eigenvalue weighted by Crippen LogP contribution is -2.37. The lowest BCUT2D eigenvalue weighted by molar-refractivity contribution is -0.145. The first-order valence-electron chi connectivity index (χ1n) is 8.69. The van der Waals surface area contributed by atoms with Gasteiger partial charge in [-0.05, 0) is 20.3 Å². The highest BCUT2D eigenvalue weighted by molar-refractivity contribution is 7.89. The second-order valence-electron chi connectivity index (χ2n) is 6.18. The zero-order valence-corrected chi connectivity index (χ0v) is 16.3. The Labute approximate surface area is 154 Å². The van der Waals surface area contributed by atoms with Gasteiger partial charge < -0.3 is 14.2 Å². The van der Waals surface area contributed by atoms with Gasteiger partial charge in [0.2, 0.25) is 5.91 Å². The van der Waals surface area contributed by atoms with Crippen molar-refractivity contribution < 1.29 is 22.7 Å². The number of carbonyl (C=O) groups excluding carboxylic acids is 2. The summed E-state index contributed by atoms with van der Waals surface area (Å²) in [6.45, 7) is 5.05. The lowest BCUT2D eigenvalue weighted by Gasteiger charge is -2.21. The Kier molecular flexibility index (Phi) is 6.76. The normalized spacial score (nSPS) is 16.3. The van der Waals surface area contributed by atoms with Crippen LogP contribution < -0.4 is 0 Å². The number of hydrogen-bond acceptors (Lipinski definition) is 6. The van der Waals surface area contributed by atoms with E-state index >= 15 is 0 Å². The molecule has 0 saturated carbocycles. The second-order valence-corrected chi connectivity index (χ2v) is 8.07. The fourth-order valence-electron chi connectivity index (χ4n) is 2.77. The summed E-state index contributed by atoms with van der Waals surface area (Å²) in [5.41, 5.74) is 0. The predicted octanol–water partition coefficient (Wildman–Crippen LogP) is 0.295. The number of aryl methyl sites for hydroxylation is 2. The van der Waals surface area contributed by atoms with Gasteiger partial charge in [-0.25, -0.2) is 13.4 Å². The fraction of sp³-hybridized carbons (Fsp3) is 0.688. The third-order valence-electron chi connectivity index (χ3n) is 4.35. The standard InChI is InChI=1S/C16H26N4O5S/c1-4-25-16(22)7-6-15(21)19-8-5-9-20(11-10-19)26(23,24)14-12-18(3)13(2)17-14/h12H,4-11H2,1-3H3. The molecule has 1 aromatic rings.